The Morgan fingerprint density at radius 1 is 1.19 bits per heavy atom. The summed E-state index contributed by atoms with van der Waals surface area (Å²) in [5.74, 6) is -3.19. The lowest BCUT2D eigenvalue weighted by atomic mass is 9.91. The summed E-state index contributed by atoms with van der Waals surface area (Å²) < 4.78 is 44.7. The number of alkyl halides is 3. The van der Waals surface area contributed by atoms with Gasteiger partial charge in [-0.25, -0.2) is 4.79 Å². The molecule has 0 radical (unpaired) electrons. The number of ether oxygens (including phenoxy) is 1. The molecule has 116 valence electrons. The van der Waals surface area contributed by atoms with Crippen molar-refractivity contribution in [3.63, 3.8) is 0 Å². The molecule has 0 aliphatic carbocycles. The van der Waals surface area contributed by atoms with Gasteiger partial charge in [-0.05, 0) is 38.5 Å². The first-order valence-corrected chi connectivity index (χ1v) is 6.54. The SMILES string of the molecule is C=C(C(=O)OC(C)(C)C)C(c1ccc(Cl)cc1)C(F)(F)F. The van der Waals surface area contributed by atoms with E-state index in [0.717, 1.165) is 0 Å². The zero-order chi connectivity index (χ0) is 16.4. The number of benzene rings is 1. The number of carbonyl (C=O) groups excluding carboxylic acids is 1. The quantitative estimate of drug-likeness (QED) is 0.586. The predicted octanol–water partition coefficient (Wildman–Crippen LogP) is 4.88. The summed E-state index contributed by atoms with van der Waals surface area (Å²) in [5.41, 5.74) is -1.65. The lowest BCUT2D eigenvalue weighted by molar-refractivity contribution is -0.161. The van der Waals surface area contributed by atoms with Crippen molar-refractivity contribution < 1.29 is 22.7 Å². The van der Waals surface area contributed by atoms with Crippen molar-refractivity contribution in [2.75, 3.05) is 0 Å². The normalized spacial score (nSPS) is 13.7. The van der Waals surface area contributed by atoms with Crippen molar-refractivity contribution in [1.29, 1.82) is 0 Å². The maximum absolute atomic E-state index is 13.2. The van der Waals surface area contributed by atoms with Crippen LogP contribution in [-0.2, 0) is 9.53 Å². The third-order valence-electron chi connectivity index (χ3n) is 2.54. The van der Waals surface area contributed by atoms with Gasteiger partial charge in [-0.1, -0.05) is 30.3 Å². The molecule has 0 amide bonds. The number of hydrogen-bond acceptors (Lipinski definition) is 2. The summed E-state index contributed by atoms with van der Waals surface area (Å²) in [6, 6.07) is 5.10. The Bertz CT molecular complexity index is 527. The molecule has 0 spiro atoms. The van der Waals surface area contributed by atoms with E-state index in [4.69, 9.17) is 16.3 Å². The van der Waals surface area contributed by atoms with Crippen LogP contribution < -0.4 is 0 Å². The Labute approximate surface area is 126 Å². The molecule has 1 atom stereocenters. The van der Waals surface area contributed by atoms with Gasteiger partial charge < -0.3 is 4.74 Å². The van der Waals surface area contributed by atoms with Crippen molar-refractivity contribution in [3.05, 3.63) is 47.0 Å². The van der Waals surface area contributed by atoms with Gasteiger partial charge in [0.2, 0.25) is 0 Å². The van der Waals surface area contributed by atoms with Crippen LogP contribution in [0.4, 0.5) is 13.2 Å². The molecule has 1 aromatic carbocycles. The van der Waals surface area contributed by atoms with Crippen molar-refractivity contribution in [1.82, 2.24) is 0 Å². The van der Waals surface area contributed by atoms with Crippen molar-refractivity contribution in [2.45, 2.75) is 38.5 Å². The lowest BCUT2D eigenvalue weighted by Gasteiger charge is -2.25. The molecule has 0 saturated heterocycles. The highest BCUT2D eigenvalue weighted by atomic mass is 35.5. The van der Waals surface area contributed by atoms with Crippen molar-refractivity contribution in [3.8, 4) is 0 Å². The van der Waals surface area contributed by atoms with E-state index < -0.39 is 29.2 Å². The number of halogens is 4. The van der Waals surface area contributed by atoms with Gasteiger partial charge in [0, 0.05) is 10.6 Å². The summed E-state index contributed by atoms with van der Waals surface area (Å²) in [7, 11) is 0. The zero-order valence-corrected chi connectivity index (χ0v) is 12.7. The van der Waals surface area contributed by atoms with Gasteiger partial charge in [0.25, 0.3) is 0 Å². The molecular formula is C15H16ClF3O2. The van der Waals surface area contributed by atoms with Crippen LogP contribution in [0.1, 0.15) is 32.3 Å². The molecule has 0 fully saturated rings. The highest BCUT2D eigenvalue weighted by Crippen LogP contribution is 2.40. The fourth-order valence-electron chi connectivity index (χ4n) is 1.70. The maximum atomic E-state index is 13.2. The topological polar surface area (TPSA) is 26.3 Å². The largest absolute Gasteiger partial charge is 0.457 e. The van der Waals surface area contributed by atoms with E-state index in [2.05, 4.69) is 6.58 Å². The molecule has 1 aromatic rings. The van der Waals surface area contributed by atoms with E-state index in [1.807, 2.05) is 0 Å². The summed E-state index contributed by atoms with van der Waals surface area (Å²) in [4.78, 5) is 11.8. The fraction of sp³-hybridized carbons (Fsp3) is 0.400. The van der Waals surface area contributed by atoms with E-state index in [-0.39, 0.29) is 5.56 Å². The average molecular weight is 321 g/mol. The van der Waals surface area contributed by atoms with Crippen LogP contribution in [0, 0.1) is 0 Å². The third-order valence-corrected chi connectivity index (χ3v) is 2.79. The number of esters is 1. The van der Waals surface area contributed by atoms with Gasteiger partial charge in [-0.2, -0.15) is 13.2 Å². The molecular weight excluding hydrogens is 305 g/mol. The van der Waals surface area contributed by atoms with E-state index in [9.17, 15) is 18.0 Å². The van der Waals surface area contributed by atoms with Gasteiger partial charge in [-0.3, -0.25) is 0 Å². The van der Waals surface area contributed by atoms with Crippen LogP contribution in [0.25, 0.3) is 0 Å². The van der Waals surface area contributed by atoms with Gasteiger partial charge in [-0.15, -0.1) is 0 Å². The first-order valence-electron chi connectivity index (χ1n) is 6.16. The molecule has 0 N–H and O–H groups in total. The molecule has 0 aromatic heterocycles. The molecule has 0 saturated carbocycles. The van der Waals surface area contributed by atoms with Gasteiger partial charge in [0.15, 0.2) is 0 Å². The summed E-state index contributed by atoms with van der Waals surface area (Å²) in [5, 5.41) is 0.308. The standard InChI is InChI=1S/C15H16ClF3O2/c1-9(13(20)21-14(2,3)4)12(15(17,18)19)10-5-7-11(16)8-6-10/h5-8,12H,1H2,2-4H3. The minimum Gasteiger partial charge on any atom is -0.457 e. The Hall–Kier alpha value is -1.49. The fourth-order valence-corrected chi connectivity index (χ4v) is 1.83. The third kappa shape index (κ3) is 5.08. The zero-order valence-electron chi connectivity index (χ0n) is 11.9. The second-order valence-corrected chi connectivity index (χ2v) is 5.99. The van der Waals surface area contributed by atoms with Gasteiger partial charge in [0.05, 0.1) is 0 Å². The molecule has 21 heavy (non-hydrogen) atoms. The second kappa shape index (κ2) is 6.10. The van der Waals surface area contributed by atoms with E-state index >= 15 is 0 Å². The Balaban J connectivity index is 3.12. The lowest BCUT2D eigenvalue weighted by Crippen LogP contribution is -2.31. The highest BCUT2D eigenvalue weighted by molar-refractivity contribution is 6.30. The monoisotopic (exact) mass is 320 g/mol. The molecule has 1 unspecified atom stereocenters. The van der Waals surface area contributed by atoms with Crippen LogP contribution in [0.5, 0.6) is 0 Å². The predicted molar refractivity (Wildman–Crippen MR) is 75.2 cm³/mol. The number of hydrogen-bond donors (Lipinski definition) is 0. The Kier molecular flexibility index (Phi) is 5.10. The Morgan fingerprint density at radius 3 is 2.05 bits per heavy atom. The van der Waals surface area contributed by atoms with Crippen molar-refractivity contribution >= 4 is 17.6 Å². The van der Waals surface area contributed by atoms with Crippen molar-refractivity contribution in [2.24, 2.45) is 0 Å². The minimum atomic E-state index is -4.65. The number of carbonyl (C=O) groups is 1. The van der Waals surface area contributed by atoms with E-state index in [0.29, 0.717) is 5.02 Å². The maximum Gasteiger partial charge on any atom is 0.399 e. The van der Waals surface area contributed by atoms with Crippen LogP contribution in [-0.4, -0.2) is 17.7 Å². The van der Waals surface area contributed by atoms with E-state index in [1.54, 1.807) is 20.8 Å². The average Bonchev–Trinajstić information content (AvgIpc) is 2.27. The molecule has 1 rings (SSSR count). The summed E-state index contributed by atoms with van der Waals surface area (Å²) in [6.45, 7) is 7.99. The second-order valence-electron chi connectivity index (χ2n) is 5.55. The summed E-state index contributed by atoms with van der Waals surface area (Å²) >= 11 is 5.66. The van der Waals surface area contributed by atoms with E-state index in [1.165, 1.54) is 24.3 Å². The van der Waals surface area contributed by atoms with Crippen LogP contribution in [0.15, 0.2) is 36.4 Å². The molecule has 2 nitrogen and oxygen atoms in total. The number of rotatable bonds is 3. The smallest absolute Gasteiger partial charge is 0.399 e. The highest BCUT2D eigenvalue weighted by Gasteiger charge is 2.45. The molecule has 0 aliphatic heterocycles. The molecule has 0 aliphatic rings. The first kappa shape index (κ1) is 17.6. The minimum absolute atomic E-state index is 0.109. The first-order chi connectivity index (χ1) is 9.42. The Morgan fingerprint density at radius 2 is 1.67 bits per heavy atom. The van der Waals surface area contributed by atoms with Gasteiger partial charge in [0.1, 0.15) is 11.5 Å². The molecule has 0 heterocycles. The summed E-state index contributed by atoms with van der Waals surface area (Å²) in [6.07, 6.45) is -4.65. The van der Waals surface area contributed by atoms with Crippen LogP contribution in [0.2, 0.25) is 5.02 Å². The van der Waals surface area contributed by atoms with Crippen LogP contribution >= 0.6 is 11.6 Å². The molecule has 0 bridgehead atoms. The molecule has 6 heteroatoms. The van der Waals surface area contributed by atoms with Gasteiger partial charge >= 0.3 is 12.1 Å². The van der Waals surface area contributed by atoms with Crippen LogP contribution in [0.3, 0.4) is 0 Å².